The molecule has 0 amide bonds. The standard InChI is InChI=1S/C15H11BrFNS/c16-12-6-2-4-10(13(12)17)14(18)11-5-1-3-9-7-8-19-15(9)11/h1-8,14H,18H2. The predicted molar refractivity (Wildman–Crippen MR) is 82.0 cm³/mol. The molecule has 1 heterocycles. The van der Waals surface area contributed by atoms with E-state index in [0.29, 0.717) is 10.0 Å². The summed E-state index contributed by atoms with van der Waals surface area (Å²) in [6.07, 6.45) is 0. The third-order valence-electron chi connectivity index (χ3n) is 3.16. The smallest absolute Gasteiger partial charge is 0.142 e. The Labute approximate surface area is 123 Å². The van der Waals surface area contributed by atoms with Gasteiger partial charge in [-0.05, 0) is 44.4 Å². The second-order valence-electron chi connectivity index (χ2n) is 4.31. The van der Waals surface area contributed by atoms with Gasteiger partial charge in [-0.15, -0.1) is 11.3 Å². The molecule has 3 aromatic rings. The van der Waals surface area contributed by atoms with Gasteiger partial charge in [0.1, 0.15) is 5.82 Å². The zero-order valence-electron chi connectivity index (χ0n) is 9.94. The third kappa shape index (κ3) is 2.20. The van der Waals surface area contributed by atoms with E-state index in [9.17, 15) is 4.39 Å². The molecule has 4 heteroatoms. The first kappa shape index (κ1) is 12.8. The number of hydrogen-bond donors (Lipinski definition) is 1. The quantitative estimate of drug-likeness (QED) is 0.711. The van der Waals surface area contributed by atoms with Crippen molar-refractivity contribution in [3.8, 4) is 0 Å². The van der Waals surface area contributed by atoms with Gasteiger partial charge in [-0.25, -0.2) is 4.39 Å². The van der Waals surface area contributed by atoms with Crippen molar-refractivity contribution in [2.45, 2.75) is 6.04 Å². The van der Waals surface area contributed by atoms with Gasteiger partial charge in [0.15, 0.2) is 0 Å². The average molecular weight is 336 g/mol. The zero-order chi connectivity index (χ0) is 13.4. The van der Waals surface area contributed by atoms with Gasteiger partial charge in [0, 0.05) is 10.3 Å². The van der Waals surface area contributed by atoms with E-state index in [0.717, 1.165) is 15.6 Å². The number of hydrogen-bond acceptors (Lipinski definition) is 2. The summed E-state index contributed by atoms with van der Waals surface area (Å²) in [5.74, 6) is -0.288. The summed E-state index contributed by atoms with van der Waals surface area (Å²) < 4.78 is 15.7. The molecule has 2 N–H and O–H groups in total. The Kier molecular flexibility index (Phi) is 3.39. The lowest BCUT2D eigenvalue weighted by Crippen LogP contribution is -2.13. The van der Waals surface area contributed by atoms with Crippen LogP contribution in [0.5, 0.6) is 0 Å². The second-order valence-corrected chi connectivity index (χ2v) is 6.08. The summed E-state index contributed by atoms with van der Waals surface area (Å²) in [5, 5.41) is 3.17. The number of benzene rings is 2. The zero-order valence-corrected chi connectivity index (χ0v) is 12.3. The van der Waals surface area contributed by atoms with Crippen molar-refractivity contribution in [1.82, 2.24) is 0 Å². The fraction of sp³-hybridized carbons (Fsp3) is 0.0667. The molecular weight excluding hydrogens is 325 g/mol. The van der Waals surface area contributed by atoms with Gasteiger partial charge in [-0.1, -0.05) is 30.3 Å². The van der Waals surface area contributed by atoms with Crippen molar-refractivity contribution >= 4 is 37.4 Å². The molecule has 0 bridgehead atoms. The van der Waals surface area contributed by atoms with Gasteiger partial charge in [-0.2, -0.15) is 0 Å². The molecule has 0 spiro atoms. The van der Waals surface area contributed by atoms with Crippen molar-refractivity contribution in [2.24, 2.45) is 5.73 Å². The maximum absolute atomic E-state index is 14.1. The summed E-state index contributed by atoms with van der Waals surface area (Å²) in [5.41, 5.74) is 7.73. The molecule has 0 saturated heterocycles. The molecule has 0 aliphatic rings. The van der Waals surface area contributed by atoms with E-state index in [2.05, 4.69) is 15.9 Å². The van der Waals surface area contributed by atoms with E-state index < -0.39 is 6.04 Å². The van der Waals surface area contributed by atoms with Gasteiger partial charge >= 0.3 is 0 Å². The third-order valence-corrected chi connectivity index (χ3v) is 4.75. The topological polar surface area (TPSA) is 26.0 Å². The molecule has 1 nitrogen and oxygen atoms in total. The Morgan fingerprint density at radius 2 is 1.79 bits per heavy atom. The van der Waals surface area contributed by atoms with E-state index in [4.69, 9.17) is 5.73 Å². The first-order valence-corrected chi connectivity index (χ1v) is 7.51. The number of thiophene rings is 1. The van der Waals surface area contributed by atoms with Crippen molar-refractivity contribution in [3.05, 3.63) is 69.3 Å². The van der Waals surface area contributed by atoms with E-state index in [1.807, 2.05) is 29.6 Å². The van der Waals surface area contributed by atoms with Crippen LogP contribution in [0.1, 0.15) is 17.2 Å². The summed E-state index contributed by atoms with van der Waals surface area (Å²) in [6, 6.07) is 12.8. The molecule has 0 fully saturated rings. The first-order chi connectivity index (χ1) is 9.18. The van der Waals surface area contributed by atoms with Crippen LogP contribution in [0.25, 0.3) is 10.1 Å². The highest BCUT2D eigenvalue weighted by molar-refractivity contribution is 9.10. The van der Waals surface area contributed by atoms with Gasteiger partial charge in [0.2, 0.25) is 0 Å². The van der Waals surface area contributed by atoms with Crippen LogP contribution in [0, 0.1) is 5.82 Å². The van der Waals surface area contributed by atoms with Crippen molar-refractivity contribution < 1.29 is 4.39 Å². The molecule has 1 unspecified atom stereocenters. The molecule has 0 saturated carbocycles. The number of nitrogens with two attached hydrogens (primary N) is 1. The Hall–Kier alpha value is -1.23. The van der Waals surface area contributed by atoms with Crippen LogP contribution in [-0.4, -0.2) is 0 Å². The highest BCUT2D eigenvalue weighted by atomic mass is 79.9. The minimum Gasteiger partial charge on any atom is -0.320 e. The number of fused-ring (bicyclic) bond motifs is 1. The van der Waals surface area contributed by atoms with E-state index in [1.54, 1.807) is 29.5 Å². The van der Waals surface area contributed by atoms with Crippen molar-refractivity contribution in [1.29, 1.82) is 0 Å². The highest BCUT2D eigenvalue weighted by Crippen LogP contribution is 2.33. The van der Waals surface area contributed by atoms with E-state index in [1.165, 1.54) is 0 Å². The monoisotopic (exact) mass is 335 g/mol. The maximum atomic E-state index is 14.1. The van der Waals surface area contributed by atoms with Crippen LogP contribution in [0.3, 0.4) is 0 Å². The van der Waals surface area contributed by atoms with Crippen LogP contribution in [0.2, 0.25) is 0 Å². The fourth-order valence-electron chi connectivity index (χ4n) is 2.19. The van der Waals surface area contributed by atoms with Crippen molar-refractivity contribution in [2.75, 3.05) is 0 Å². The Bertz CT molecular complexity index is 738. The SMILES string of the molecule is NC(c1cccc(Br)c1F)c1cccc2ccsc12. The predicted octanol–water partition coefficient (Wildman–Crippen LogP) is 4.85. The minimum atomic E-state index is -0.458. The summed E-state index contributed by atoms with van der Waals surface area (Å²) in [4.78, 5) is 0. The lowest BCUT2D eigenvalue weighted by atomic mass is 9.98. The van der Waals surface area contributed by atoms with Crippen LogP contribution in [0.15, 0.2) is 52.3 Å². The van der Waals surface area contributed by atoms with E-state index in [-0.39, 0.29) is 5.82 Å². The van der Waals surface area contributed by atoms with Crippen LogP contribution < -0.4 is 5.73 Å². The first-order valence-electron chi connectivity index (χ1n) is 5.84. The molecule has 0 aliphatic heterocycles. The summed E-state index contributed by atoms with van der Waals surface area (Å²) in [6.45, 7) is 0. The molecule has 0 radical (unpaired) electrons. The highest BCUT2D eigenvalue weighted by Gasteiger charge is 2.17. The summed E-state index contributed by atoms with van der Waals surface area (Å²) in [7, 11) is 0. The maximum Gasteiger partial charge on any atom is 0.142 e. The van der Waals surface area contributed by atoms with Gasteiger partial charge in [-0.3, -0.25) is 0 Å². The van der Waals surface area contributed by atoms with Crippen LogP contribution in [0.4, 0.5) is 4.39 Å². The lowest BCUT2D eigenvalue weighted by Gasteiger charge is -2.15. The Morgan fingerprint density at radius 3 is 2.63 bits per heavy atom. The van der Waals surface area contributed by atoms with Gasteiger partial charge in [0.25, 0.3) is 0 Å². The second kappa shape index (κ2) is 5.04. The normalized spacial score (nSPS) is 12.8. The van der Waals surface area contributed by atoms with Gasteiger partial charge in [0.05, 0.1) is 10.5 Å². The number of halogens is 2. The average Bonchev–Trinajstić information content (AvgIpc) is 2.89. The molecule has 1 aromatic heterocycles. The Balaban J connectivity index is 2.16. The largest absolute Gasteiger partial charge is 0.320 e. The van der Waals surface area contributed by atoms with Gasteiger partial charge < -0.3 is 5.73 Å². The van der Waals surface area contributed by atoms with E-state index >= 15 is 0 Å². The molecule has 0 aliphatic carbocycles. The summed E-state index contributed by atoms with van der Waals surface area (Å²) >= 11 is 4.83. The molecular formula is C15H11BrFNS. The molecule has 19 heavy (non-hydrogen) atoms. The molecule has 96 valence electrons. The fourth-order valence-corrected chi connectivity index (χ4v) is 3.52. The Morgan fingerprint density at radius 1 is 1.05 bits per heavy atom. The minimum absolute atomic E-state index is 0.288. The number of rotatable bonds is 2. The van der Waals surface area contributed by atoms with Crippen LogP contribution in [-0.2, 0) is 0 Å². The van der Waals surface area contributed by atoms with Crippen molar-refractivity contribution in [3.63, 3.8) is 0 Å². The van der Waals surface area contributed by atoms with Crippen LogP contribution >= 0.6 is 27.3 Å². The lowest BCUT2D eigenvalue weighted by molar-refractivity contribution is 0.594. The molecule has 3 rings (SSSR count). The molecule has 2 aromatic carbocycles. The molecule has 1 atom stereocenters.